The summed E-state index contributed by atoms with van der Waals surface area (Å²) in [4.78, 5) is 4.32. The molecule has 0 saturated heterocycles. The number of rotatable bonds is 3. The number of para-hydroxylation sites is 1. The van der Waals surface area contributed by atoms with Gasteiger partial charge in [-0.1, -0.05) is 31.5 Å². The zero-order valence-electron chi connectivity index (χ0n) is 9.03. The molecule has 1 aromatic carbocycles. The van der Waals surface area contributed by atoms with Gasteiger partial charge in [-0.25, -0.2) is 4.98 Å². The molecular formula is C13H16N2. The molecule has 78 valence electrons. The van der Waals surface area contributed by atoms with Crippen LogP contribution < -0.4 is 5.73 Å². The molecule has 2 heteroatoms. The summed E-state index contributed by atoms with van der Waals surface area (Å²) in [6.45, 7) is 2.20. The van der Waals surface area contributed by atoms with Crippen LogP contribution in [0.4, 0.5) is 5.82 Å². The molecule has 0 radical (unpaired) electrons. The topological polar surface area (TPSA) is 38.9 Å². The van der Waals surface area contributed by atoms with E-state index in [4.69, 9.17) is 5.73 Å². The monoisotopic (exact) mass is 200 g/mol. The summed E-state index contributed by atoms with van der Waals surface area (Å²) < 4.78 is 0. The molecule has 2 aromatic rings. The molecular weight excluding hydrogens is 184 g/mol. The Hall–Kier alpha value is -1.57. The maximum absolute atomic E-state index is 5.79. The Bertz CT molecular complexity index is 463. The van der Waals surface area contributed by atoms with Gasteiger partial charge in [-0.05, 0) is 30.5 Å². The molecule has 2 N–H and O–H groups in total. The van der Waals surface area contributed by atoms with Gasteiger partial charge in [0.25, 0.3) is 0 Å². The van der Waals surface area contributed by atoms with Crippen LogP contribution in [0.3, 0.4) is 0 Å². The fraction of sp³-hybridized carbons (Fsp3) is 0.308. The van der Waals surface area contributed by atoms with Crippen LogP contribution >= 0.6 is 0 Å². The zero-order chi connectivity index (χ0) is 10.7. The second kappa shape index (κ2) is 4.30. The summed E-state index contributed by atoms with van der Waals surface area (Å²) >= 11 is 0. The van der Waals surface area contributed by atoms with Crippen molar-refractivity contribution in [1.29, 1.82) is 0 Å². The van der Waals surface area contributed by atoms with E-state index < -0.39 is 0 Å². The van der Waals surface area contributed by atoms with Gasteiger partial charge in [0.2, 0.25) is 0 Å². The molecule has 1 aromatic heterocycles. The maximum Gasteiger partial charge on any atom is 0.124 e. The van der Waals surface area contributed by atoms with Gasteiger partial charge in [0.1, 0.15) is 5.82 Å². The number of hydrogen-bond acceptors (Lipinski definition) is 2. The van der Waals surface area contributed by atoms with Crippen LogP contribution in [0.2, 0.25) is 0 Å². The fourth-order valence-electron chi connectivity index (χ4n) is 1.84. The standard InChI is InChI=1S/C13H16N2/c1-2-3-6-10-9-13(14)15-12-8-5-4-7-11(10)12/h4-5,7-9H,2-3,6H2,1H3,(H2,14,15). The first-order valence-electron chi connectivity index (χ1n) is 5.45. The minimum atomic E-state index is 0.625. The van der Waals surface area contributed by atoms with Crippen molar-refractivity contribution >= 4 is 16.7 Å². The number of unbranched alkanes of at least 4 members (excludes halogenated alkanes) is 1. The smallest absolute Gasteiger partial charge is 0.124 e. The highest BCUT2D eigenvalue weighted by Gasteiger charge is 2.02. The van der Waals surface area contributed by atoms with Gasteiger partial charge in [0.15, 0.2) is 0 Å². The second-order valence-electron chi connectivity index (χ2n) is 3.83. The zero-order valence-corrected chi connectivity index (χ0v) is 9.03. The Labute approximate surface area is 90.1 Å². The van der Waals surface area contributed by atoms with E-state index in [-0.39, 0.29) is 0 Å². The Morgan fingerprint density at radius 2 is 2.07 bits per heavy atom. The second-order valence-corrected chi connectivity index (χ2v) is 3.83. The Morgan fingerprint density at radius 3 is 2.87 bits per heavy atom. The molecule has 0 aliphatic carbocycles. The van der Waals surface area contributed by atoms with Crippen molar-refractivity contribution in [2.45, 2.75) is 26.2 Å². The molecule has 0 amide bonds. The number of nitrogen functional groups attached to an aromatic ring is 1. The number of nitrogens with two attached hydrogens (primary N) is 1. The third kappa shape index (κ3) is 2.09. The molecule has 0 aliphatic rings. The molecule has 15 heavy (non-hydrogen) atoms. The molecule has 0 saturated carbocycles. The lowest BCUT2D eigenvalue weighted by molar-refractivity contribution is 0.798. The molecule has 2 nitrogen and oxygen atoms in total. The first-order chi connectivity index (χ1) is 7.31. The number of aryl methyl sites for hydroxylation is 1. The van der Waals surface area contributed by atoms with Crippen molar-refractivity contribution < 1.29 is 0 Å². The fourth-order valence-corrected chi connectivity index (χ4v) is 1.84. The predicted molar refractivity (Wildman–Crippen MR) is 64.8 cm³/mol. The average Bonchev–Trinajstić information content (AvgIpc) is 2.25. The van der Waals surface area contributed by atoms with Crippen molar-refractivity contribution in [2.75, 3.05) is 5.73 Å². The summed E-state index contributed by atoms with van der Waals surface area (Å²) in [5.74, 6) is 0.625. The van der Waals surface area contributed by atoms with E-state index in [0.717, 1.165) is 11.9 Å². The largest absolute Gasteiger partial charge is 0.384 e. The lowest BCUT2D eigenvalue weighted by atomic mass is 10.0. The first kappa shape index (κ1) is 9.97. The van der Waals surface area contributed by atoms with Crippen molar-refractivity contribution in [3.05, 3.63) is 35.9 Å². The van der Waals surface area contributed by atoms with Crippen molar-refractivity contribution in [3.63, 3.8) is 0 Å². The minimum Gasteiger partial charge on any atom is -0.384 e. The average molecular weight is 200 g/mol. The van der Waals surface area contributed by atoms with Crippen LogP contribution in [-0.2, 0) is 6.42 Å². The van der Waals surface area contributed by atoms with Crippen LogP contribution in [-0.4, -0.2) is 4.98 Å². The van der Waals surface area contributed by atoms with Gasteiger partial charge in [-0.15, -0.1) is 0 Å². The molecule has 0 unspecified atom stereocenters. The number of nitrogens with zero attached hydrogens (tertiary/aromatic N) is 1. The summed E-state index contributed by atoms with van der Waals surface area (Å²) in [6, 6.07) is 10.2. The number of fused-ring (bicyclic) bond motifs is 1. The number of pyridine rings is 1. The van der Waals surface area contributed by atoms with Crippen LogP contribution in [0.1, 0.15) is 25.3 Å². The Morgan fingerprint density at radius 1 is 1.27 bits per heavy atom. The highest BCUT2D eigenvalue weighted by Crippen LogP contribution is 2.20. The van der Waals surface area contributed by atoms with Crippen molar-refractivity contribution in [2.24, 2.45) is 0 Å². The van der Waals surface area contributed by atoms with E-state index in [2.05, 4.69) is 24.0 Å². The van der Waals surface area contributed by atoms with Gasteiger partial charge in [0.05, 0.1) is 5.52 Å². The quantitative estimate of drug-likeness (QED) is 0.826. The molecule has 0 fully saturated rings. The van der Waals surface area contributed by atoms with Gasteiger partial charge in [-0.3, -0.25) is 0 Å². The Kier molecular flexibility index (Phi) is 2.86. The highest BCUT2D eigenvalue weighted by atomic mass is 14.8. The van der Waals surface area contributed by atoms with E-state index in [9.17, 15) is 0 Å². The first-order valence-corrected chi connectivity index (χ1v) is 5.45. The lowest BCUT2D eigenvalue weighted by Crippen LogP contribution is -1.95. The number of aromatic nitrogens is 1. The van der Waals surface area contributed by atoms with Crippen LogP contribution in [0.5, 0.6) is 0 Å². The SMILES string of the molecule is CCCCc1cc(N)nc2ccccc12. The minimum absolute atomic E-state index is 0.625. The van der Waals surface area contributed by atoms with Crippen molar-refractivity contribution in [3.8, 4) is 0 Å². The summed E-state index contributed by atoms with van der Waals surface area (Å²) in [5, 5.41) is 1.24. The number of anilines is 1. The van der Waals surface area contributed by atoms with Crippen LogP contribution in [0.15, 0.2) is 30.3 Å². The predicted octanol–water partition coefficient (Wildman–Crippen LogP) is 3.16. The third-order valence-electron chi connectivity index (χ3n) is 2.62. The van der Waals surface area contributed by atoms with E-state index in [0.29, 0.717) is 5.82 Å². The van der Waals surface area contributed by atoms with E-state index >= 15 is 0 Å². The van der Waals surface area contributed by atoms with E-state index in [1.165, 1.54) is 23.8 Å². The van der Waals surface area contributed by atoms with Gasteiger partial charge < -0.3 is 5.73 Å². The number of hydrogen-bond donors (Lipinski definition) is 1. The van der Waals surface area contributed by atoms with Gasteiger partial charge in [-0.2, -0.15) is 0 Å². The van der Waals surface area contributed by atoms with Crippen LogP contribution in [0.25, 0.3) is 10.9 Å². The van der Waals surface area contributed by atoms with Crippen molar-refractivity contribution in [1.82, 2.24) is 4.98 Å². The van der Waals surface area contributed by atoms with Crippen LogP contribution in [0, 0.1) is 0 Å². The maximum atomic E-state index is 5.79. The molecule has 1 heterocycles. The van der Waals surface area contributed by atoms with Gasteiger partial charge >= 0.3 is 0 Å². The lowest BCUT2D eigenvalue weighted by Gasteiger charge is -2.06. The van der Waals surface area contributed by atoms with Gasteiger partial charge in [0, 0.05) is 5.39 Å². The highest BCUT2D eigenvalue weighted by molar-refractivity contribution is 5.83. The molecule has 0 aliphatic heterocycles. The summed E-state index contributed by atoms with van der Waals surface area (Å²) in [6.07, 6.45) is 3.49. The third-order valence-corrected chi connectivity index (χ3v) is 2.62. The number of benzene rings is 1. The molecule has 0 atom stereocenters. The Balaban J connectivity index is 2.50. The van der Waals surface area contributed by atoms with E-state index in [1.54, 1.807) is 0 Å². The van der Waals surface area contributed by atoms with E-state index in [1.807, 2.05) is 18.2 Å². The molecule has 2 rings (SSSR count). The summed E-state index contributed by atoms with van der Waals surface area (Å²) in [7, 11) is 0. The molecule has 0 bridgehead atoms. The summed E-state index contributed by atoms with van der Waals surface area (Å²) in [5.41, 5.74) is 8.11. The normalized spacial score (nSPS) is 10.7. The molecule has 0 spiro atoms.